The predicted molar refractivity (Wildman–Crippen MR) is 87.4 cm³/mol. The molecule has 2 fully saturated rings. The van der Waals surface area contributed by atoms with Crippen molar-refractivity contribution in [2.45, 2.75) is 51.5 Å². The van der Waals surface area contributed by atoms with Crippen molar-refractivity contribution in [1.29, 1.82) is 0 Å². The number of likely N-dealkylation sites (tertiary alicyclic amines) is 1. The van der Waals surface area contributed by atoms with Crippen molar-refractivity contribution in [1.82, 2.24) is 15.2 Å². The van der Waals surface area contributed by atoms with Gasteiger partial charge in [0, 0.05) is 25.1 Å². The van der Waals surface area contributed by atoms with E-state index in [0.717, 1.165) is 19.4 Å². The van der Waals surface area contributed by atoms with Crippen molar-refractivity contribution in [2.75, 3.05) is 20.7 Å². The van der Waals surface area contributed by atoms with Crippen LogP contribution >= 0.6 is 0 Å². The van der Waals surface area contributed by atoms with Crippen LogP contribution in [0.25, 0.3) is 0 Å². The van der Waals surface area contributed by atoms with E-state index in [2.05, 4.69) is 36.1 Å². The molecule has 0 radical (unpaired) electrons. The number of carbonyl (C=O) groups is 1. The number of nitrogens with zero attached hydrogens (tertiary/aromatic N) is 2. The van der Waals surface area contributed by atoms with Gasteiger partial charge in [-0.3, -0.25) is 4.79 Å². The Hall–Kier alpha value is -1.44. The molecular weight excluding hydrogens is 310 g/mol. The van der Waals surface area contributed by atoms with Crippen LogP contribution < -0.4 is 5.32 Å². The Morgan fingerprint density at radius 1 is 1.58 bits per heavy atom. The molecule has 7 nitrogen and oxygen atoms in total. The van der Waals surface area contributed by atoms with Crippen LogP contribution in [0.4, 0.5) is 0 Å². The van der Waals surface area contributed by atoms with Gasteiger partial charge >= 0.3 is 0 Å². The Kier molecular flexibility index (Phi) is 4.68. The zero-order chi connectivity index (χ0) is 17.5. The summed E-state index contributed by atoms with van der Waals surface area (Å²) < 4.78 is 10.1. The quantitative estimate of drug-likeness (QED) is 0.834. The molecule has 1 aliphatic heterocycles. The second-order valence-corrected chi connectivity index (χ2v) is 7.58. The van der Waals surface area contributed by atoms with Crippen LogP contribution in [0.1, 0.15) is 43.1 Å². The maximum absolute atomic E-state index is 12.4. The molecule has 24 heavy (non-hydrogen) atoms. The van der Waals surface area contributed by atoms with Gasteiger partial charge in [-0.2, -0.15) is 0 Å². The molecule has 1 saturated carbocycles. The number of aromatic nitrogens is 1. The van der Waals surface area contributed by atoms with Gasteiger partial charge < -0.3 is 24.5 Å². The van der Waals surface area contributed by atoms with Gasteiger partial charge in [0.05, 0.1) is 12.1 Å². The van der Waals surface area contributed by atoms with Gasteiger partial charge in [0.1, 0.15) is 12.9 Å². The van der Waals surface area contributed by atoms with Crippen LogP contribution in [0.5, 0.6) is 0 Å². The molecule has 0 bridgehead atoms. The summed E-state index contributed by atoms with van der Waals surface area (Å²) in [5.41, 5.74) is 0.326. The molecule has 1 spiro atoms. The van der Waals surface area contributed by atoms with Crippen LogP contribution in [-0.2, 0) is 11.3 Å². The van der Waals surface area contributed by atoms with Gasteiger partial charge in [0.2, 0.25) is 5.89 Å². The summed E-state index contributed by atoms with van der Waals surface area (Å²) in [5, 5.41) is 13.4. The van der Waals surface area contributed by atoms with Crippen molar-refractivity contribution >= 4 is 5.91 Å². The lowest BCUT2D eigenvalue weighted by Crippen LogP contribution is -2.64. The van der Waals surface area contributed by atoms with Gasteiger partial charge in [0.15, 0.2) is 5.69 Å². The van der Waals surface area contributed by atoms with Crippen LogP contribution in [0.2, 0.25) is 0 Å². The van der Waals surface area contributed by atoms with Crippen molar-refractivity contribution in [2.24, 2.45) is 11.3 Å². The van der Waals surface area contributed by atoms with Gasteiger partial charge in [-0.1, -0.05) is 13.8 Å². The largest absolute Gasteiger partial charge is 0.446 e. The number of amides is 1. The fourth-order valence-corrected chi connectivity index (χ4v) is 4.84. The molecule has 3 rings (SSSR count). The van der Waals surface area contributed by atoms with Crippen molar-refractivity contribution in [3.8, 4) is 0 Å². The zero-order valence-electron chi connectivity index (χ0n) is 14.8. The number of hydrogen-bond acceptors (Lipinski definition) is 6. The first-order chi connectivity index (χ1) is 11.4. The van der Waals surface area contributed by atoms with Gasteiger partial charge in [-0.15, -0.1) is 0 Å². The fourth-order valence-electron chi connectivity index (χ4n) is 4.84. The zero-order valence-corrected chi connectivity index (χ0v) is 14.8. The van der Waals surface area contributed by atoms with E-state index in [0.29, 0.717) is 17.9 Å². The Morgan fingerprint density at radius 3 is 2.96 bits per heavy atom. The topological polar surface area (TPSA) is 87.8 Å². The van der Waals surface area contributed by atoms with E-state index in [1.165, 1.54) is 6.26 Å². The maximum Gasteiger partial charge on any atom is 0.273 e. The van der Waals surface area contributed by atoms with E-state index in [1.54, 1.807) is 7.11 Å². The first kappa shape index (κ1) is 17.4. The minimum absolute atomic E-state index is 0.102. The third-order valence-corrected chi connectivity index (χ3v) is 5.37. The van der Waals surface area contributed by atoms with E-state index in [-0.39, 0.29) is 29.7 Å². The molecule has 7 heteroatoms. The van der Waals surface area contributed by atoms with Crippen molar-refractivity contribution < 1.29 is 19.1 Å². The molecule has 0 aromatic carbocycles. The molecule has 1 aromatic rings. The standard InChI is InChI=1S/C17H27N3O4/c1-10(2)15-17(9-20(15)3)5-11(13(21)6-17)19-16(22)12-7-24-14(18-12)8-23-4/h7,10-11,13,15,21H,5-6,8-9H2,1-4H3,(H,19,22)/t11-,13-,15?,17?/m1/s1. The molecule has 134 valence electrons. The number of rotatable bonds is 5. The summed E-state index contributed by atoms with van der Waals surface area (Å²) in [5.74, 6) is 0.583. The SMILES string of the molecule is COCc1nc(C(=O)N[C@@H]2CC3(C[C@H]2O)CN(C)C3C(C)C)co1. The second kappa shape index (κ2) is 6.46. The van der Waals surface area contributed by atoms with E-state index in [9.17, 15) is 9.90 Å². The molecular formula is C17H27N3O4. The fraction of sp³-hybridized carbons (Fsp3) is 0.765. The van der Waals surface area contributed by atoms with Crippen LogP contribution in [0, 0.1) is 11.3 Å². The molecule has 4 atom stereocenters. The van der Waals surface area contributed by atoms with Crippen LogP contribution in [0.15, 0.2) is 10.7 Å². The molecule has 2 heterocycles. The molecule has 1 aromatic heterocycles. The van der Waals surface area contributed by atoms with E-state index in [1.807, 2.05) is 0 Å². The number of methoxy groups -OCH3 is 1. The normalized spacial score (nSPS) is 33.2. The monoisotopic (exact) mass is 337 g/mol. The average Bonchev–Trinajstić information content (AvgIpc) is 3.05. The van der Waals surface area contributed by atoms with E-state index >= 15 is 0 Å². The summed E-state index contributed by atoms with van der Waals surface area (Å²) in [6, 6.07) is 0.212. The number of hydrogen-bond donors (Lipinski definition) is 2. The van der Waals surface area contributed by atoms with E-state index in [4.69, 9.17) is 9.15 Å². The third-order valence-electron chi connectivity index (χ3n) is 5.37. The maximum atomic E-state index is 12.4. The summed E-state index contributed by atoms with van der Waals surface area (Å²) in [6.07, 6.45) is 2.35. The number of aliphatic hydroxyl groups is 1. The van der Waals surface area contributed by atoms with E-state index < -0.39 is 6.10 Å². The summed E-state index contributed by atoms with van der Waals surface area (Å²) >= 11 is 0. The Labute approximate surface area is 142 Å². The molecule has 2 N–H and O–H groups in total. The molecule has 2 unspecified atom stereocenters. The minimum atomic E-state index is -0.519. The molecule has 2 aliphatic rings. The molecule has 1 amide bonds. The smallest absolute Gasteiger partial charge is 0.273 e. The first-order valence-corrected chi connectivity index (χ1v) is 8.49. The highest BCUT2D eigenvalue weighted by molar-refractivity contribution is 5.92. The van der Waals surface area contributed by atoms with Crippen molar-refractivity contribution in [3.63, 3.8) is 0 Å². The first-order valence-electron chi connectivity index (χ1n) is 8.49. The highest BCUT2D eigenvalue weighted by Crippen LogP contribution is 2.52. The minimum Gasteiger partial charge on any atom is -0.446 e. The Morgan fingerprint density at radius 2 is 2.33 bits per heavy atom. The summed E-state index contributed by atoms with van der Waals surface area (Å²) in [7, 11) is 3.67. The number of aliphatic hydroxyl groups excluding tert-OH is 1. The Balaban J connectivity index is 1.64. The highest BCUT2D eigenvalue weighted by atomic mass is 16.5. The average molecular weight is 337 g/mol. The molecule has 1 aliphatic carbocycles. The van der Waals surface area contributed by atoms with Crippen LogP contribution in [-0.4, -0.2) is 59.8 Å². The van der Waals surface area contributed by atoms with Gasteiger partial charge in [-0.25, -0.2) is 4.98 Å². The van der Waals surface area contributed by atoms with Gasteiger partial charge in [0.25, 0.3) is 5.91 Å². The lowest BCUT2D eigenvalue weighted by atomic mass is 9.66. The number of oxazole rings is 1. The molecule has 1 saturated heterocycles. The predicted octanol–water partition coefficient (Wildman–Crippen LogP) is 1.03. The second-order valence-electron chi connectivity index (χ2n) is 7.58. The Bertz CT molecular complexity index is 598. The number of ether oxygens (including phenoxy) is 1. The summed E-state index contributed by atoms with van der Waals surface area (Å²) in [6.45, 7) is 5.63. The third kappa shape index (κ3) is 2.96. The van der Waals surface area contributed by atoms with Crippen LogP contribution in [0.3, 0.4) is 0 Å². The lowest BCUT2D eigenvalue weighted by molar-refractivity contribution is -0.0827. The van der Waals surface area contributed by atoms with Crippen molar-refractivity contribution in [3.05, 3.63) is 17.8 Å². The highest BCUT2D eigenvalue weighted by Gasteiger charge is 2.58. The number of nitrogens with one attached hydrogen (secondary N) is 1. The lowest BCUT2D eigenvalue weighted by Gasteiger charge is -2.57. The summed E-state index contributed by atoms with van der Waals surface area (Å²) in [4.78, 5) is 18.8. The number of carbonyl (C=O) groups excluding carboxylic acids is 1. The van der Waals surface area contributed by atoms with Gasteiger partial charge in [-0.05, 0) is 25.8 Å².